The van der Waals surface area contributed by atoms with Gasteiger partial charge in [0.05, 0.1) is 5.56 Å². The van der Waals surface area contributed by atoms with Gasteiger partial charge in [0, 0.05) is 24.0 Å². The number of halogens is 5. The molecule has 1 aromatic rings. The molecule has 1 rings (SSSR count). The van der Waals surface area contributed by atoms with Gasteiger partial charge in [-0.1, -0.05) is 15.9 Å². The second-order valence-corrected chi connectivity index (χ2v) is 4.91. The Hall–Kier alpha value is -1.11. The molecule has 7 heteroatoms. The summed E-state index contributed by atoms with van der Waals surface area (Å²) in [4.78, 5) is 13.5. The van der Waals surface area contributed by atoms with Gasteiger partial charge in [-0.05, 0) is 31.5 Å². The van der Waals surface area contributed by atoms with Crippen molar-refractivity contribution in [3.8, 4) is 0 Å². The fourth-order valence-electron chi connectivity index (χ4n) is 1.71. The molecule has 0 saturated heterocycles. The molecule has 0 saturated carbocycles. The van der Waals surface area contributed by atoms with Gasteiger partial charge in [-0.15, -0.1) is 0 Å². The molecule has 112 valence electrons. The monoisotopic (exact) mass is 355 g/mol. The highest BCUT2D eigenvalue weighted by Crippen LogP contribution is 2.32. The predicted molar refractivity (Wildman–Crippen MR) is 71.4 cm³/mol. The van der Waals surface area contributed by atoms with Gasteiger partial charge in [-0.2, -0.15) is 13.2 Å². The van der Waals surface area contributed by atoms with Crippen LogP contribution in [-0.2, 0) is 6.18 Å². The zero-order valence-corrected chi connectivity index (χ0v) is 12.4. The zero-order valence-electron chi connectivity index (χ0n) is 10.8. The van der Waals surface area contributed by atoms with Crippen molar-refractivity contribution in [1.29, 1.82) is 0 Å². The Bertz CT molecular complexity index is 476. The van der Waals surface area contributed by atoms with Crippen LogP contribution in [0.1, 0.15) is 29.3 Å². The molecule has 0 aromatic heterocycles. The molecule has 0 N–H and O–H groups in total. The maximum atomic E-state index is 13.2. The minimum absolute atomic E-state index is 0.157. The summed E-state index contributed by atoms with van der Waals surface area (Å²) in [5, 5.41) is 0.688. The molecule has 20 heavy (non-hydrogen) atoms. The van der Waals surface area contributed by atoms with Gasteiger partial charge in [0.25, 0.3) is 5.91 Å². The first-order valence-corrected chi connectivity index (χ1v) is 7.15. The van der Waals surface area contributed by atoms with Crippen LogP contribution in [-0.4, -0.2) is 29.2 Å². The summed E-state index contributed by atoms with van der Waals surface area (Å²) in [5.74, 6) is -1.91. The summed E-state index contributed by atoms with van der Waals surface area (Å²) in [7, 11) is 0. The highest BCUT2D eigenvalue weighted by atomic mass is 79.9. The van der Waals surface area contributed by atoms with Gasteiger partial charge < -0.3 is 4.90 Å². The molecular weight excluding hydrogens is 342 g/mol. The van der Waals surface area contributed by atoms with E-state index >= 15 is 0 Å². The number of nitrogens with zero attached hydrogens (tertiary/aromatic N) is 1. The molecule has 1 aromatic carbocycles. The first-order chi connectivity index (χ1) is 9.31. The van der Waals surface area contributed by atoms with Crippen LogP contribution in [0.5, 0.6) is 0 Å². The third kappa shape index (κ3) is 4.19. The lowest BCUT2D eigenvalue weighted by Gasteiger charge is -2.21. The fraction of sp³-hybridized carbons (Fsp3) is 0.462. The summed E-state index contributed by atoms with van der Waals surface area (Å²) >= 11 is 3.22. The Morgan fingerprint density at radius 2 is 2.00 bits per heavy atom. The third-order valence-electron chi connectivity index (χ3n) is 2.75. The van der Waals surface area contributed by atoms with Crippen LogP contribution in [0, 0.1) is 5.82 Å². The van der Waals surface area contributed by atoms with Crippen molar-refractivity contribution in [1.82, 2.24) is 4.90 Å². The Morgan fingerprint density at radius 1 is 1.35 bits per heavy atom. The maximum Gasteiger partial charge on any atom is 0.419 e. The quantitative estimate of drug-likeness (QED) is 0.575. The normalized spacial score (nSPS) is 11.5. The SMILES string of the molecule is CCN(CCCBr)C(=O)c1ccc(F)c(C(F)(F)F)c1. The summed E-state index contributed by atoms with van der Waals surface area (Å²) in [6.07, 6.45) is -4.12. The number of hydrogen-bond acceptors (Lipinski definition) is 1. The lowest BCUT2D eigenvalue weighted by molar-refractivity contribution is -0.140. The molecule has 0 unspecified atom stereocenters. The number of carbonyl (C=O) groups is 1. The second-order valence-electron chi connectivity index (χ2n) is 4.12. The van der Waals surface area contributed by atoms with Crippen LogP contribution in [0.2, 0.25) is 0 Å². The summed E-state index contributed by atoms with van der Waals surface area (Å²) in [6, 6.07) is 2.31. The van der Waals surface area contributed by atoms with Crippen LogP contribution in [0.15, 0.2) is 18.2 Å². The molecule has 0 heterocycles. The van der Waals surface area contributed by atoms with Gasteiger partial charge in [0.1, 0.15) is 5.82 Å². The number of alkyl halides is 4. The van der Waals surface area contributed by atoms with Crippen molar-refractivity contribution < 1.29 is 22.4 Å². The van der Waals surface area contributed by atoms with Crippen molar-refractivity contribution in [2.75, 3.05) is 18.4 Å². The second kappa shape index (κ2) is 7.06. The fourth-order valence-corrected chi connectivity index (χ4v) is 1.96. The van der Waals surface area contributed by atoms with E-state index in [1.54, 1.807) is 6.92 Å². The molecule has 2 nitrogen and oxygen atoms in total. The Morgan fingerprint density at radius 3 is 2.50 bits per heavy atom. The largest absolute Gasteiger partial charge is 0.419 e. The van der Waals surface area contributed by atoms with E-state index in [1.165, 1.54) is 4.90 Å². The minimum Gasteiger partial charge on any atom is -0.339 e. The van der Waals surface area contributed by atoms with E-state index in [0.29, 0.717) is 37.0 Å². The average Bonchev–Trinajstić information content (AvgIpc) is 2.38. The summed E-state index contributed by atoms with van der Waals surface area (Å²) in [6.45, 7) is 2.55. The Kier molecular flexibility index (Phi) is 5.98. The molecule has 0 bridgehead atoms. The summed E-state index contributed by atoms with van der Waals surface area (Å²) < 4.78 is 51.0. The van der Waals surface area contributed by atoms with E-state index in [9.17, 15) is 22.4 Å². The van der Waals surface area contributed by atoms with Crippen LogP contribution in [0.3, 0.4) is 0 Å². The van der Waals surface area contributed by atoms with E-state index in [0.717, 1.165) is 6.07 Å². The molecule has 0 aliphatic carbocycles. The van der Waals surface area contributed by atoms with E-state index in [1.807, 2.05) is 0 Å². The van der Waals surface area contributed by atoms with Gasteiger partial charge in [-0.3, -0.25) is 4.79 Å². The Balaban J connectivity index is 3.04. The lowest BCUT2D eigenvalue weighted by atomic mass is 10.1. The average molecular weight is 356 g/mol. The number of rotatable bonds is 5. The van der Waals surface area contributed by atoms with Crippen molar-refractivity contribution in [2.45, 2.75) is 19.5 Å². The number of benzene rings is 1. The summed E-state index contributed by atoms with van der Waals surface area (Å²) in [5.41, 5.74) is -1.57. The Labute approximate surface area is 122 Å². The number of carbonyl (C=O) groups excluding carboxylic acids is 1. The minimum atomic E-state index is -4.81. The smallest absolute Gasteiger partial charge is 0.339 e. The van der Waals surface area contributed by atoms with E-state index in [2.05, 4.69) is 15.9 Å². The van der Waals surface area contributed by atoms with E-state index in [4.69, 9.17) is 0 Å². The zero-order chi connectivity index (χ0) is 15.3. The topological polar surface area (TPSA) is 20.3 Å². The van der Waals surface area contributed by atoms with Crippen molar-refractivity contribution in [3.63, 3.8) is 0 Å². The maximum absolute atomic E-state index is 13.2. The van der Waals surface area contributed by atoms with E-state index in [-0.39, 0.29) is 5.56 Å². The van der Waals surface area contributed by atoms with Crippen molar-refractivity contribution in [3.05, 3.63) is 35.1 Å². The van der Waals surface area contributed by atoms with Crippen molar-refractivity contribution in [2.24, 2.45) is 0 Å². The van der Waals surface area contributed by atoms with E-state index < -0.39 is 23.5 Å². The standard InChI is InChI=1S/C13H14BrF4NO/c1-2-19(7-3-6-14)12(20)9-4-5-11(15)10(8-9)13(16,17)18/h4-5,8H,2-3,6-7H2,1H3. The molecule has 0 atom stereocenters. The highest BCUT2D eigenvalue weighted by Gasteiger charge is 2.35. The first-order valence-electron chi connectivity index (χ1n) is 6.03. The first kappa shape index (κ1) is 16.9. The van der Waals surface area contributed by atoms with Crippen LogP contribution in [0.4, 0.5) is 17.6 Å². The van der Waals surface area contributed by atoms with Crippen LogP contribution in [0.25, 0.3) is 0 Å². The van der Waals surface area contributed by atoms with Gasteiger partial charge in [0.2, 0.25) is 0 Å². The molecule has 1 amide bonds. The molecular formula is C13H14BrF4NO. The third-order valence-corrected chi connectivity index (χ3v) is 3.31. The van der Waals surface area contributed by atoms with Gasteiger partial charge in [-0.25, -0.2) is 4.39 Å². The lowest BCUT2D eigenvalue weighted by Crippen LogP contribution is -2.32. The molecule has 0 radical (unpaired) electrons. The van der Waals surface area contributed by atoms with Crippen LogP contribution >= 0.6 is 15.9 Å². The highest BCUT2D eigenvalue weighted by molar-refractivity contribution is 9.09. The number of amides is 1. The predicted octanol–water partition coefficient (Wildman–Crippen LogP) is 4.09. The van der Waals surface area contributed by atoms with Gasteiger partial charge in [0.15, 0.2) is 0 Å². The molecule has 0 aliphatic rings. The molecule has 0 fully saturated rings. The molecule has 0 aliphatic heterocycles. The van der Waals surface area contributed by atoms with Crippen molar-refractivity contribution >= 4 is 21.8 Å². The van der Waals surface area contributed by atoms with Gasteiger partial charge >= 0.3 is 6.18 Å². The van der Waals surface area contributed by atoms with Crippen LogP contribution < -0.4 is 0 Å². The molecule has 0 spiro atoms. The number of hydrogen-bond donors (Lipinski definition) is 0.